The van der Waals surface area contributed by atoms with Crippen LogP contribution in [0, 0.1) is 17.8 Å². The third kappa shape index (κ3) is 3.35. The third-order valence-corrected chi connectivity index (χ3v) is 6.05. The lowest BCUT2D eigenvalue weighted by atomic mass is 9.84. The smallest absolute Gasteiger partial charge is 0.258 e. The first kappa shape index (κ1) is 15.9. The maximum Gasteiger partial charge on any atom is 0.258 e. The van der Waals surface area contributed by atoms with Gasteiger partial charge >= 0.3 is 0 Å². The molecule has 1 amide bonds. The molecule has 22 heavy (non-hydrogen) atoms. The van der Waals surface area contributed by atoms with Crippen LogP contribution < -0.4 is 10.6 Å². The van der Waals surface area contributed by atoms with Crippen molar-refractivity contribution in [2.45, 2.75) is 38.6 Å². The van der Waals surface area contributed by atoms with Crippen molar-refractivity contribution in [2.75, 3.05) is 0 Å². The number of carbonyl (C=O) groups is 1. The van der Waals surface area contributed by atoms with Gasteiger partial charge in [-0.15, -0.1) is 0 Å². The van der Waals surface area contributed by atoms with Crippen molar-refractivity contribution >= 4 is 39.2 Å². The molecule has 0 unspecified atom stereocenters. The lowest BCUT2D eigenvalue weighted by Gasteiger charge is -2.29. The zero-order valence-electron chi connectivity index (χ0n) is 12.6. The average molecular weight is 381 g/mol. The number of nitrogens with one attached hydrogen (secondary N) is 2. The second kappa shape index (κ2) is 6.67. The summed E-state index contributed by atoms with van der Waals surface area (Å²) in [6, 6.07) is 7.68. The standard InChI is InChI=1S/C17H21BrN2OS/c1-10(14-9-11-6-7-12(14)8-11)19-17(22)20-16(21)13-4-2-3-5-15(13)18/h2-5,10-12,14H,6-9H2,1H3,(H2,19,20,21,22)/t10-,11+,12+,14-/m1/s1. The monoisotopic (exact) mass is 380 g/mol. The van der Waals surface area contributed by atoms with Crippen molar-refractivity contribution in [3.05, 3.63) is 34.3 Å². The van der Waals surface area contributed by atoms with Gasteiger partial charge in [0.25, 0.3) is 5.91 Å². The molecule has 0 radical (unpaired) electrons. The highest BCUT2D eigenvalue weighted by Gasteiger charge is 2.41. The molecule has 2 aliphatic carbocycles. The van der Waals surface area contributed by atoms with Crippen LogP contribution in [0.1, 0.15) is 43.0 Å². The number of fused-ring (bicyclic) bond motifs is 2. The van der Waals surface area contributed by atoms with E-state index in [9.17, 15) is 4.79 Å². The molecule has 0 aromatic heterocycles. The van der Waals surface area contributed by atoms with Crippen LogP contribution in [0.3, 0.4) is 0 Å². The number of hydrogen-bond acceptors (Lipinski definition) is 2. The number of benzene rings is 1. The zero-order chi connectivity index (χ0) is 15.7. The number of rotatable bonds is 3. The highest BCUT2D eigenvalue weighted by Crippen LogP contribution is 2.49. The molecule has 5 heteroatoms. The Bertz CT molecular complexity index is 592. The molecule has 3 nitrogen and oxygen atoms in total. The number of carbonyl (C=O) groups excluding carboxylic acids is 1. The van der Waals surface area contributed by atoms with Gasteiger partial charge in [-0.25, -0.2) is 0 Å². The Morgan fingerprint density at radius 2 is 2.09 bits per heavy atom. The van der Waals surface area contributed by atoms with Gasteiger partial charge in [0.2, 0.25) is 0 Å². The Hall–Kier alpha value is -0.940. The van der Waals surface area contributed by atoms with Gasteiger partial charge in [-0.3, -0.25) is 10.1 Å². The van der Waals surface area contributed by atoms with E-state index in [2.05, 4.69) is 33.5 Å². The fraction of sp³-hybridized carbons (Fsp3) is 0.529. The molecule has 118 valence electrons. The summed E-state index contributed by atoms with van der Waals surface area (Å²) in [5, 5.41) is 6.52. The largest absolute Gasteiger partial charge is 0.360 e. The minimum atomic E-state index is -0.176. The van der Waals surface area contributed by atoms with Crippen molar-refractivity contribution in [2.24, 2.45) is 17.8 Å². The van der Waals surface area contributed by atoms with Gasteiger partial charge in [0, 0.05) is 10.5 Å². The average Bonchev–Trinajstić information content (AvgIpc) is 3.10. The lowest BCUT2D eigenvalue weighted by molar-refractivity contribution is 0.0975. The van der Waals surface area contributed by atoms with E-state index < -0.39 is 0 Å². The normalized spacial score (nSPS) is 27.5. The first-order valence-corrected chi connectivity index (χ1v) is 9.11. The Labute approximate surface area is 145 Å². The van der Waals surface area contributed by atoms with E-state index in [-0.39, 0.29) is 5.91 Å². The molecule has 1 aromatic carbocycles. The van der Waals surface area contributed by atoms with Gasteiger partial charge in [-0.05, 0) is 84.2 Å². The molecule has 4 atom stereocenters. The summed E-state index contributed by atoms with van der Waals surface area (Å²) in [7, 11) is 0. The lowest BCUT2D eigenvalue weighted by Crippen LogP contribution is -2.46. The summed E-state index contributed by atoms with van der Waals surface area (Å²) in [6.45, 7) is 2.18. The Morgan fingerprint density at radius 3 is 2.73 bits per heavy atom. The molecule has 2 bridgehead atoms. The molecular weight excluding hydrogens is 360 g/mol. The maximum absolute atomic E-state index is 12.2. The van der Waals surface area contributed by atoms with E-state index in [1.165, 1.54) is 25.7 Å². The Balaban J connectivity index is 1.54. The second-order valence-electron chi connectivity index (χ2n) is 6.53. The van der Waals surface area contributed by atoms with E-state index in [1.807, 2.05) is 18.2 Å². The van der Waals surface area contributed by atoms with Gasteiger partial charge in [-0.2, -0.15) is 0 Å². The highest BCUT2D eigenvalue weighted by molar-refractivity contribution is 9.10. The van der Waals surface area contributed by atoms with Crippen molar-refractivity contribution in [1.82, 2.24) is 10.6 Å². The van der Waals surface area contributed by atoms with Gasteiger partial charge < -0.3 is 5.32 Å². The Kier molecular flexibility index (Phi) is 4.83. The number of thiocarbonyl (C=S) groups is 1. The topological polar surface area (TPSA) is 41.1 Å². The minimum absolute atomic E-state index is 0.176. The molecule has 0 spiro atoms. The first-order valence-electron chi connectivity index (χ1n) is 7.91. The van der Waals surface area contributed by atoms with Crippen LogP contribution >= 0.6 is 28.1 Å². The molecule has 3 rings (SSSR count). The van der Waals surface area contributed by atoms with Gasteiger partial charge in [-0.1, -0.05) is 18.6 Å². The van der Waals surface area contributed by atoms with E-state index in [0.717, 1.165) is 16.3 Å². The summed E-state index contributed by atoms with van der Waals surface area (Å²) in [5.41, 5.74) is 0.597. The highest BCUT2D eigenvalue weighted by atomic mass is 79.9. The van der Waals surface area contributed by atoms with Crippen LogP contribution in [0.2, 0.25) is 0 Å². The molecule has 0 aliphatic heterocycles. The third-order valence-electron chi connectivity index (χ3n) is 5.14. The van der Waals surface area contributed by atoms with Gasteiger partial charge in [0.05, 0.1) is 5.56 Å². The molecule has 2 N–H and O–H groups in total. The fourth-order valence-electron chi connectivity index (χ4n) is 4.07. The minimum Gasteiger partial charge on any atom is -0.360 e. The molecular formula is C17H21BrN2OS. The summed E-state index contributed by atoms with van der Waals surface area (Å²) in [4.78, 5) is 12.2. The van der Waals surface area contributed by atoms with Crippen molar-refractivity contribution in [3.63, 3.8) is 0 Å². The van der Waals surface area contributed by atoms with Crippen molar-refractivity contribution in [3.8, 4) is 0 Å². The van der Waals surface area contributed by atoms with Gasteiger partial charge in [0.15, 0.2) is 5.11 Å². The summed E-state index contributed by atoms with van der Waals surface area (Å²) in [6.07, 6.45) is 5.45. The predicted octanol–water partition coefficient (Wildman–Crippen LogP) is 3.88. The summed E-state index contributed by atoms with van der Waals surface area (Å²) >= 11 is 8.70. The number of halogens is 1. The fourth-order valence-corrected chi connectivity index (χ4v) is 4.82. The van der Waals surface area contributed by atoms with Crippen LogP contribution in [0.5, 0.6) is 0 Å². The molecule has 1 aromatic rings. The molecule has 2 aliphatic rings. The van der Waals surface area contributed by atoms with E-state index in [4.69, 9.17) is 12.2 Å². The van der Waals surface area contributed by atoms with Crippen LogP contribution in [0.25, 0.3) is 0 Å². The van der Waals surface area contributed by atoms with Crippen LogP contribution in [0.15, 0.2) is 28.7 Å². The Morgan fingerprint density at radius 1 is 1.32 bits per heavy atom. The first-order chi connectivity index (χ1) is 10.5. The van der Waals surface area contributed by atoms with Crippen molar-refractivity contribution in [1.29, 1.82) is 0 Å². The molecule has 2 saturated carbocycles. The van der Waals surface area contributed by atoms with Crippen molar-refractivity contribution < 1.29 is 4.79 Å². The van der Waals surface area contributed by atoms with E-state index >= 15 is 0 Å². The summed E-state index contributed by atoms with van der Waals surface area (Å²) < 4.78 is 0.774. The maximum atomic E-state index is 12.2. The zero-order valence-corrected chi connectivity index (χ0v) is 15.0. The number of hydrogen-bond donors (Lipinski definition) is 2. The van der Waals surface area contributed by atoms with Crippen LogP contribution in [0.4, 0.5) is 0 Å². The van der Waals surface area contributed by atoms with Gasteiger partial charge in [0.1, 0.15) is 0 Å². The summed E-state index contributed by atoms with van der Waals surface area (Å²) in [5.74, 6) is 2.28. The molecule has 0 saturated heterocycles. The quantitative estimate of drug-likeness (QED) is 0.781. The predicted molar refractivity (Wildman–Crippen MR) is 95.7 cm³/mol. The van der Waals surface area contributed by atoms with Crippen LogP contribution in [-0.4, -0.2) is 17.1 Å². The SMILES string of the molecule is C[C@@H](NC(=S)NC(=O)c1ccccc1Br)[C@H]1C[C@H]2CC[C@H]1C2. The van der Waals surface area contributed by atoms with E-state index in [0.29, 0.717) is 22.6 Å². The van der Waals surface area contributed by atoms with E-state index in [1.54, 1.807) is 6.07 Å². The second-order valence-corrected chi connectivity index (χ2v) is 7.80. The molecule has 0 heterocycles. The van der Waals surface area contributed by atoms with Crippen LogP contribution in [-0.2, 0) is 0 Å². The number of amides is 1. The molecule has 2 fully saturated rings.